The molecule has 56 valence electrons. The SMILES string of the molecule is CNc1cccn2ccnc12. The molecule has 0 spiro atoms. The van der Waals surface area contributed by atoms with Gasteiger partial charge in [0, 0.05) is 25.6 Å². The van der Waals surface area contributed by atoms with E-state index in [9.17, 15) is 0 Å². The van der Waals surface area contributed by atoms with Gasteiger partial charge in [-0.05, 0) is 12.1 Å². The molecule has 2 rings (SSSR count). The lowest BCUT2D eigenvalue weighted by molar-refractivity contribution is 1.18. The zero-order valence-corrected chi connectivity index (χ0v) is 6.28. The predicted molar refractivity (Wildman–Crippen MR) is 44.7 cm³/mol. The van der Waals surface area contributed by atoms with Crippen LogP contribution in [0, 0.1) is 0 Å². The van der Waals surface area contributed by atoms with Crippen molar-refractivity contribution in [2.45, 2.75) is 0 Å². The number of hydrogen-bond donors (Lipinski definition) is 1. The van der Waals surface area contributed by atoms with Crippen LogP contribution in [-0.4, -0.2) is 16.4 Å². The Balaban J connectivity index is 2.79. The average Bonchev–Trinajstić information content (AvgIpc) is 2.50. The highest BCUT2D eigenvalue weighted by atomic mass is 15.0. The first kappa shape index (κ1) is 6.22. The topological polar surface area (TPSA) is 29.3 Å². The fraction of sp³-hybridized carbons (Fsp3) is 0.125. The van der Waals surface area contributed by atoms with Crippen molar-refractivity contribution >= 4 is 11.3 Å². The Kier molecular flexibility index (Phi) is 1.28. The number of aromatic nitrogens is 2. The van der Waals surface area contributed by atoms with Crippen molar-refractivity contribution in [3.63, 3.8) is 0 Å². The van der Waals surface area contributed by atoms with E-state index in [1.165, 1.54) is 0 Å². The van der Waals surface area contributed by atoms with E-state index in [0.717, 1.165) is 11.3 Å². The standard InChI is InChI=1S/C8H9N3/c1-9-7-3-2-5-11-6-4-10-8(7)11/h2-6,9H,1H3. The van der Waals surface area contributed by atoms with Gasteiger partial charge < -0.3 is 9.72 Å². The zero-order valence-electron chi connectivity index (χ0n) is 6.28. The van der Waals surface area contributed by atoms with Gasteiger partial charge in [0.1, 0.15) is 0 Å². The Bertz CT molecular complexity index is 364. The minimum atomic E-state index is 0.968. The minimum Gasteiger partial charge on any atom is -0.385 e. The summed E-state index contributed by atoms with van der Waals surface area (Å²) in [6.07, 6.45) is 5.69. The molecule has 0 aliphatic carbocycles. The number of rotatable bonds is 1. The van der Waals surface area contributed by atoms with Gasteiger partial charge in [-0.1, -0.05) is 0 Å². The molecule has 0 amide bonds. The number of hydrogen-bond acceptors (Lipinski definition) is 2. The van der Waals surface area contributed by atoms with Gasteiger partial charge in [0.05, 0.1) is 5.69 Å². The number of anilines is 1. The van der Waals surface area contributed by atoms with Crippen LogP contribution in [0.5, 0.6) is 0 Å². The van der Waals surface area contributed by atoms with Gasteiger partial charge in [0.2, 0.25) is 0 Å². The summed E-state index contributed by atoms with van der Waals surface area (Å²) < 4.78 is 1.98. The van der Waals surface area contributed by atoms with E-state index in [4.69, 9.17) is 0 Å². The number of fused-ring (bicyclic) bond motifs is 1. The van der Waals surface area contributed by atoms with Crippen LogP contribution in [0.25, 0.3) is 5.65 Å². The van der Waals surface area contributed by atoms with Gasteiger partial charge in [-0.15, -0.1) is 0 Å². The molecule has 2 aromatic rings. The highest BCUT2D eigenvalue weighted by Gasteiger charge is 1.96. The monoisotopic (exact) mass is 147 g/mol. The molecule has 3 nitrogen and oxygen atoms in total. The fourth-order valence-corrected chi connectivity index (χ4v) is 1.14. The van der Waals surface area contributed by atoms with Gasteiger partial charge in [0.15, 0.2) is 5.65 Å². The molecule has 2 aromatic heterocycles. The van der Waals surface area contributed by atoms with E-state index < -0.39 is 0 Å². The summed E-state index contributed by atoms with van der Waals surface area (Å²) in [7, 11) is 1.89. The molecule has 0 unspecified atom stereocenters. The smallest absolute Gasteiger partial charge is 0.160 e. The first-order valence-electron chi connectivity index (χ1n) is 3.51. The second-order valence-electron chi connectivity index (χ2n) is 2.33. The van der Waals surface area contributed by atoms with Crippen LogP contribution in [0.1, 0.15) is 0 Å². The molecule has 0 saturated carbocycles. The maximum absolute atomic E-state index is 4.19. The van der Waals surface area contributed by atoms with Crippen LogP contribution < -0.4 is 5.32 Å². The van der Waals surface area contributed by atoms with E-state index in [1.807, 2.05) is 36.0 Å². The van der Waals surface area contributed by atoms with E-state index >= 15 is 0 Å². The second-order valence-corrected chi connectivity index (χ2v) is 2.33. The summed E-state index contributed by atoms with van der Waals surface area (Å²) in [5.41, 5.74) is 2.02. The van der Waals surface area contributed by atoms with E-state index in [0.29, 0.717) is 0 Å². The van der Waals surface area contributed by atoms with Gasteiger partial charge in [0.25, 0.3) is 0 Å². The zero-order chi connectivity index (χ0) is 7.68. The summed E-state index contributed by atoms with van der Waals surface area (Å²) in [4.78, 5) is 4.19. The number of imidazole rings is 1. The molecule has 0 aliphatic rings. The highest BCUT2D eigenvalue weighted by molar-refractivity contribution is 5.66. The quantitative estimate of drug-likeness (QED) is 0.660. The summed E-state index contributed by atoms with van der Waals surface area (Å²) >= 11 is 0. The lowest BCUT2D eigenvalue weighted by Gasteiger charge is -2.00. The highest BCUT2D eigenvalue weighted by Crippen LogP contribution is 2.12. The van der Waals surface area contributed by atoms with Crippen molar-refractivity contribution in [2.24, 2.45) is 0 Å². The number of nitrogens with zero attached hydrogens (tertiary/aromatic N) is 2. The molecular formula is C8H9N3. The van der Waals surface area contributed by atoms with Gasteiger partial charge in [-0.25, -0.2) is 4.98 Å². The molecule has 0 aliphatic heterocycles. The molecular weight excluding hydrogens is 138 g/mol. The van der Waals surface area contributed by atoms with Crippen molar-refractivity contribution < 1.29 is 0 Å². The van der Waals surface area contributed by atoms with Crippen LogP contribution in [0.15, 0.2) is 30.7 Å². The first-order valence-corrected chi connectivity index (χ1v) is 3.51. The molecule has 0 bridgehead atoms. The average molecular weight is 147 g/mol. The Morgan fingerprint density at radius 2 is 2.36 bits per heavy atom. The third kappa shape index (κ3) is 0.852. The molecule has 0 aromatic carbocycles. The third-order valence-corrected chi connectivity index (χ3v) is 1.69. The maximum Gasteiger partial charge on any atom is 0.160 e. The summed E-state index contributed by atoms with van der Waals surface area (Å²) in [5.74, 6) is 0. The molecule has 0 atom stereocenters. The van der Waals surface area contributed by atoms with Crippen LogP contribution >= 0.6 is 0 Å². The molecule has 2 heterocycles. The predicted octanol–water partition coefficient (Wildman–Crippen LogP) is 1.38. The minimum absolute atomic E-state index is 0.968. The molecule has 0 radical (unpaired) electrons. The van der Waals surface area contributed by atoms with Crippen molar-refractivity contribution in [1.29, 1.82) is 0 Å². The molecule has 1 N–H and O–H groups in total. The van der Waals surface area contributed by atoms with Crippen LogP contribution in [0.3, 0.4) is 0 Å². The van der Waals surface area contributed by atoms with Crippen LogP contribution in [0.4, 0.5) is 5.69 Å². The van der Waals surface area contributed by atoms with E-state index in [2.05, 4.69) is 10.3 Å². The van der Waals surface area contributed by atoms with Crippen LogP contribution in [-0.2, 0) is 0 Å². The lowest BCUT2D eigenvalue weighted by atomic mass is 10.4. The molecule has 3 heteroatoms. The van der Waals surface area contributed by atoms with E-state index in [1.54, 1.807) is 6.20 Å². The van der Waals surface area contributed by atoms with Gasteiger partial charge >= 0.3 is 0 Å². The molecule has 0 saturated heterocycles. The first-order chi connectivity index (χ1) is 5.42. The van der Waals surface area contributed by atoms with E-state index in [-0.39, 0.29) is 0 Å². The second kappa shape index (κ2) is 2.27. The normalized spacial score (nSPS) is 10.3. The van der Waals surface area contributed by atoms with Crippen molar-refractivity contribution in [3.8, 4) is 0 Å². The fourth-order valence-electron chi connectivity index (χ4n) is 1.14. The van der Waals surface area contributed by atoms with Crippen LogP contribution in [0.2, 0.25) is 0 Å². The summed E-state index contributed by atoms with van der Waals surface area (Å²) in [6, 6.07) is 3.99. The lowest BCUT2D eigenvalue weighted by Crippen LogP contribution is -1.92. The van der Waals surface area contributed by atoms with Crippen molar-refractivity contribution in [2.75, 3.05) is 12.4 Å². The number of nitrogens with one attached hydrogen (secondary N) is 1. The van der Waals surface area contributed by atoms with Crippen molar-refractivity contribution in [3.05, 3.63) is 30.7 Å². The molecule has 0 fully saturated rings. The maximum atomic E-state index is 4.19. The summed E-state index contributed by atoms with van der Waals surface area (Å²) in [5, 5.41) is 3.07. The Labute approximate surface area is 64.7 Å². The van der Waals surface area contributed by atoms with Gasteiger partial charge in [-0.2, -0.15) is 0 Å². The van der Waals surface area contributed by atoms with Crippen molar-refractivity contribution in [1.82, 2.24) is 9.38 Å². The largest absolute Gasteiger partial charge is 0.385 e. The number of pyridine rings is 1. The molecule has 11 heavy (non-hydrogen) atoms. The Hall–Kier alpha value is -1.51. The van der Waals surface area contributed by atoms with Gasteiger partial charge in [-0.3, -0.25) is 0 Å². The third-order valence-electron chi connectivity index (χ3n) is 1.69. The Morgan fingerprint density at radius 3 is 3.18 bits per heavy atom. The summed E-state index contributed by atoms with van der Waals surface area (Å²) in [6.45, 7) is 0. The Morgan fingerprint density at radius 1 is 1.45 bits per heavy atom.